The molecular formula is C22H17N5O5. The van der Waals surface area contributed by atoms with Gasteiger partial charge in [0.2, 0.25) is 0 Å². The van der Waals surface area contributed by atoms with Gasteiger partial charge >= 0.3 is 0 Å². The second-order valence-electron chi connectivity index (χ2n) is 6.81. The van der Waals surface area contributed by atoms with E-state index in [4.69, 9.17) is 10.5 Å². The van der Waals surface area contributed by atoms with E-state index in [9.17, 15) is 19.7 Å². The van der Waals surface area contributed by atoms with Crippen LogP contribution >= 0.6 is 0 Å². The van der Waals surface area contributed by atoms with Crippen LogP contribution in [-0.4, -0.2) is 32.7 Å². The highest BCUT2D eigenvalue weighted by atomic mass is 16.6. The van der Waals surface area contributed by atoms with Crippen molar-refractivity contribution in [3.05, 3.63) is 88.7 Å². The van der Waals surface area contributed by atoms with Crippen molar-refractivity contribution >= 4 is 28.8 Å². The van der Waals surface area contributed by atoms with Gasteiger partial charge in [-0.1, -0.05) is 12.1 Å². The normalized spacial score (nSPS) is 10.6. The number of nitrogens with zero attached hydrogens (tertiary/aromatic N) is 3. The maximum atomic E-state index is 12.2. The second-order valence-corrected chi connectivity index (χ2v) is 6.81. The van der Waals surface area contributed by atoms with Gasteiger partial charge in [0.05, 0.1) is 28.1 Å². The van der Waals surface area contributed by atoms with Crippen LogP contribution in [0.4, 0.5) is 11.4 Å². The molecule has 3 N–H and O–H groups in total. The summed E-state index contributed by atoms with van der Waals surface area (Å²) in [5.74, 6) is -0.616. The number of carbonyl (C=O) groups excluding carboxylic acids is 2. The summed E-state index contributed by atoms with van der Waals surface area (Å²) in [6.07, 6.45) is 3.10. The number of primary amides is 1. The third kappa shape index (κ3) is 4.38. The lowest BCUT2D eigenvalue weighted by Crippen LogP contribution is -2.22. The number of nitrogens with two attached hydrogens (primary N) is 1. The van der Waals surface area contributed by atoms with E-state index in [1.807, 2.05) is 0 Å². The lowest BCUT2D eigenvalue weighted by Gasteiger charge is -2.10. The second kappa shape index (κ2) is 8.56. The fraction of sp³-hybridized carbons (Fsp3) is 0.0455. The van der Waals surface area contributed by atoms with Crippen LogP contribution in [0.15, 0.2) is 73.1 Å². The van der Waals surface area contributed by atoms with Gasteiger partial charge in [-0.25, -0.2) is 4.98 Å². The lowest BCUT2D eigenvalue weighted by molar-refractivity contribution is -0.385. The maximum Gasteiger partial charge on any atom is 0.286 e. The summed E-state index contributed by atoms with van der Waals surface area (Å²) in [4.78, 5) is 38.5. The molecule has 32 heavy (non-hydrogen) atoms. The Labute approximate surface area is 181 Å². The number of carbonyl (C=O) groups is 2. The molecule has 10 heteroatoms. The molecule has 0 aliphatic carbocycles. The predicted octanol–water partition coefficient (Wildman–Crippen LogP) is 3.03. The average Bonchev–Trinajstić information content (AvgIpc) is 3.21. The zero-order valence-electron chi connectivity index (χ0n) is 16.6. The van der Waals surface area contributed by atoms with Crippen LogP contribution in [0.25, 0.3) is 16.9 Å². The summed E-state index contributed by atoms with van der Waals surface area (Å²) in [5, 5.41) is 13.5. The number of ether oxygens (including phenoxy) is 1. The smallest absolute Gasteiger partial charge is 0.286 e. The van der Waals surface area contributed by atoms with E-state index in [-0.39, 0.29) is 17.9 Å². The Morgan fingerprint density at radius 1 is 1.06 bits per heavy atom. The van der Waals surface area contributed by atoms with Gasteiger partial charge in [-0.2, -0.15) is 0 Å². The third-order valence-corrected chi connectivity index (χ3v) is 4.63. The van der Waals surface area contributed by atoms with Crippen LogP contribution < -0.4 is 15.8 Å². The number of hydrogen-bond donors (Lipinski definition) is 2. The highest BCUT2D eigenvalue weighted by Gasteiger charge is 2.12. The zero-order chi connectivity index (χ0) is 22.7. The van der Waals surface area contributed by atoms with Crippen molar-refractivity contribution in [1.82, 2.24) is 9.38 Å². The van der Waals surface area contributed by atoms with Crippen LogP contribution in [0.1, 0.15) is 10.4 Å². The van der Waals surface area contributed by atoms with Gasteiger partial charge in [0.1, 0.15) is 11.4 Å². The Morgan fingerprint density at radius 3 is 2.53 bits per heavy atom. The molecule has 2 aromatic heterocycles. The first-order valence-electron chi connectivity index (χ1n) is 9.46. The maximum absolute atomic E-state index is 12.2. The van der Waals surface area contributed by atoms with Crippen molar-refractivity contribution < 1.29 is 19.2 Å². The van der Waals surface area contributed by atoms with Crippen LogP contribution in [-0.2, 0) is 4.79 Å². The van der Waals surface area contributed by atoms with Crippen molar-refractivity contribution in [3.8, 4) is 17.0 Å². The molecule has 0 unspecified atom stereocenters. The van der Waals surface area contributed by atoms with Gasteiger partial charge < -0.3 is 15.8 Å². The average molecular weight is 431 g/mol. The Balaban J connectivity index is 1.41. The monoisotopic (exact) mass is 431 g/mol. The number of nitro groups is 1. The molecule has 0 fully saturated rings. The molecule has 0 spiro atoms. The Morgan fingerprint density at radius 2 is 1.81 bits per heavy atom. The number of amides is 2. The number of fused-ring (bicyclic) bond motifs is 1. The van der Waals surface area contributed by atoms with Crippen molar-refractivity contribution in [1.29, 1.82) is 0 Å². The first kappa shape index (κ1) is 20.5. The highest BCUT2D eigenvalue weighted by molar-refractivity contribution is 6.03. The minimum Gasteiger partial charge on any atom is -0.484 e. The lowest BCUT2D eigenvalue weighted by atomic mass is 10.1. The third-order valence-electron chi connectivity index (χ3n) is 4.63. The molecule has 0 bridgehead atoms. The van der Waals surface area contributed by atoms with E-state index >= 15 is 0 Å². The summed E-state index contributed by atoms with van der Waals surface area (Å²) >= 11 is 0. The van der Waals surface area contributed by atoms with Gasteiger partial charge in [0.15, 0.2) is 6.61 Å². The molecule has 0 saturated carbocycles. The molecule has 10 nitrogen and oxygen atoms in total. The first-order valence-corrected chi connectivity index (χ1v) is 9.46. The van der Waals surface area contributed by atoms with Gasteiger partial charge in [0.25, 0.3) is 17.5 Å². The molecule has 0 atom stereocenters. The van der Waals surface area contributed by atoms with E-state index in [1.54, 1.807) is 59.1 Å². The quantitative estimate of drug-likeness (QED) is 0.340. The predicted molar refractivity (Wildman–Crippen MR) is 116 cm³/mol. The molecule has 0 radical (unpaired) electrons. The fourth-order valence-electron chi connectivity index (χ4n) is 3.09. The van der Waals surface area contributed by atoms with E-state index in [1.165, 1.54) is 18.3 Å². The number of pyridine rings is 1. The summed E-state index contributed by atoms with van der Waals surface area (Å²) in [7, 11) is 0. The highest BCUT2D eigenvalue weighted by Crippen LogP contribution is 2.23. The Kier molecular flexibility index (Phi) is 5.49. The number of imidazole rings is 1. The number of anilines is 1. The van der Waals surface area contributed by atoms with Gasteiger partial charge in [0, 0.05) is 17.8 Å². The number of rotatable bonds is 7. The van der Waals surface area contributed by atoms with Gasteiger partial charge in [-0.15, -0.1) is 0 Å². The topological polar surface area (TPSA) is 142 Å². The summed E-state index contributed by atoms with van der Waals surface area (Å²) in [6, 6.07) is 16.3. The van der Waals surface area contributed by atoms with E-state index in [2.05, 4.69) is 10.3 Å². The van der Waals surface area contributed by atoms with E-state index in [0.717, 1.165) is 5.56 Å². The summed E-state index contributed by atoms with van der Waals surface area (Å²) in [6.45, 7) is -0.259. The number of aromatic nitrogens is 2. The number of para-hydroxylation sites is 1. The van der Waals surface area contributed by atoms with Crippen LogP contribution in [0.2, 0.25) is 0 Å². The first-order chi connectivity index (χ1) is 15.4. The molecule has 2 amide bonds. The van der Waals surface area contributed by atoms with Crippen LogP contribution in [0.5, 0.6) is 5.75 Å². The number of nitrogens with one attached hydrogen (secondary N) is 1. The summed E-state index contributed by atoms with van der Waals surface area (Å²) in [5.41, 5.74) is 7.81. The van der Waals surface area contributed by atoms with Crippen molar-refractivity contribution in [2.24, 2.45) is 5.73 Å². The number of hydrogen-bond acceptors (Lipinski definition) is 6. The van der Waals surface area contributed by atoms with Crippen molar-refractivity contribution in [2.45, 2.75) is 0 Å². The minimum atomic E-state index is -0.640. The molecular weight excluding hydrogens is 414 g/mol. The Bertz CT molecular complexity index is 1330. The Hall–Kier alpha value is -4.73. The molecule has 0 aliphatic heterocycles. The molecule has 0 aliphatic rings. The zero-order valence-corrected chi connectivity index (χ0v) is 16.6. The van der Waals surface area contributed by atoms with E-state index < -0.39 is 16.7 Å². The summed E-state index contributed by atoms with van der Waals surface area (Å²) < 4.78 is 7.09. The molecule has 0 saturated heterocycles. The van der Waals surface area contributed by atoms with Gasteiger partial charge in [-0.3, -0.25) is 24.1 Å². The standard InChI is InChI=1S/C22H17N5O5/c23-22(29)17-3-1-2-4-18(17)25-21(28)13-32-16-8-5-14(6-9-16)19-12-26-11-15(27(30)31)7-10-20(26)24-19/h1-12H,13H2,(H2,23,29)(H,25,28). The van der Waals surface area contributed by atoms with Crippen LogP contribution in [0, 0.1) is 10.1 Å². The van der Waals surface area contributed by atoms with Crippen molar-refractivity contribution in [2.75, 3.05) is 11.9 Å². The van der Waals surface area contributed by atoms with Crippen molar-refractivity contribution in [3.63, 3.8) is 0 Å². The minimum absolute atomic E-state index is 0.0260. The molecule has 4 rings (SSSR count). The largest absolute Gasteiger partial charge is 0.484 e. The molecule has 160 valence electrons. The number of benzene rings is 2. The SMILES string of the molecule is NC(=O)c1ccccc1NC(=O)COc1ccc(-c2cn3cc([N+](=O)[O-])ccc3n2)cc1. The van der Waals surface area contributed by atoms with E-state index in [0.29, 0.717) is 22.8 Å². The van der Waals surface area contributed by atoms with Gasteiger partial charge in [-0.05, 0) is 42.5 Å². The molecule has 4 aromatic rings. The fourth-order valence-corrected chi connectivity index (χ4v) is 3.09. The molecule has 2 aromatic carbocycles. The van der Waals surface area contributed by atoms with Crippen LogP contribution in [0.3, 0.4) is 0 Å². The molecule has 2 heterocycles.